The zero-order valence-corrected chi connectivity index (χ0v) is 59.3. The summed E-state index contributed by atoms with van der Waals surface area (Å²) in [5.41, 5.74) is 29.7. The number of benzene rings is 6. The van der Waals surface area contributed by atoms with Crippen molar-refractivity contribution in [1.82, 2.24) is 60.0 Å². The summed E-state index contributed by atoms with van der Waals surface area (Å²) in [5.74, 6) is -4.16. The molecule has 2 N–H and O–H groups in total. The Kier molecular flexibility index (Phi) is 43.9. The summed E-state index contributed by atoms with van der Waals surface area (Å²) in [6.07, 6.45) is 0. The zero-order chi connectivity index (χ0) is 71.4. The molecule has 27 nitrogen and oxygen atoms in total. The van der Waals surface area contributed by atoms with Crippen LogP contribution >= 0.6 is 15.9 Å². The number of aromatic carboxylic acids is 1. The third kappa shape index (κ3) is 31.4. The summed E-state index contributed by atoms with van der Waals surface area (Å²) in [4.78, 5) is 49.8. The normalized spacial score (nSPS) is 9.56. The van der Waals surface area contributed by atoms with E-state index >= 15 is 0 Å². The minimum Gasteiger partial charge on any atom is -0.870 e. The van der Waals surface area contributed by atoms with Crippen molar-refractivity contribution in [2.45, 2.75) is 93.9 Å². The van der Waals surface area contributed by atoms with E-state index in [4.69, 9.17) is 35.9 Å². The van der Waals surface area contributed by atoms with E-state index in [0.29, 0.717) is 74.5 Å². The summed E-state index contributed by atoms with van der Waals surface area (Å²) >= 11 is 3.26. The third-order valence-corrected chi connectivity index (χ3v) is 13.4. The van der Waals surface area contributed by atoms with Crippen LogP contribution in [0.25, 0.3) is 26.4 Å². The van der Waals surface area contributed by atoms with Crippen LogP contribution in [0.5, 0.6) is 0 Å². The fourth-order valence-corrected chi connectivity index (χ4v) is 8.17. The molecule has 0 atom stereocenters. The van der Waals surface area contributed by atoms with Gasteiger partial charge in [0.05, 0.1) is 75.3 Å². The number of nitrogens with zero attached hydrogens (tertiary/aromatic N) is 18. The van der Waals surface area contributed by atoms with E-state index in [-0.39, 0.29) is 120 Å². The maximum atomic E-state index is 12.8. The Hall–Kier alpha value is -10.0. The number of aromatic nitrogens is 12. The van der Waals surface area contributed by atoms with Crippen LogP contribution in [-0.2, 0) is 52.3 Å². The monoisotopic (exact) mass is 1470 g/mol. The van der Waals surface area contributed by atoms with Gasteiger partial charge in [-0.15, -0.1) is 20.4 Å². The number of halogens is 7. The molecule has 0 saturated carbocycles. The van der Waals surface area contributed by atoms with Gasteiger partial charge in [0.25, 0.3) is 0 Å². The smallest absolute Gasteiger partial charge is 0.870 e. The molecule has 0 aliphatic carbocycles. The molecular weight excluding hydrogens is 1400 g/mol. The van der Waals surface area contributed by atoms with E-state index < -0.39 is 23.9 Å². The molecule has 0 aliphatic heterocycles. The number of carboxylic acid groups (broad SMARTS) is 1. The zero-order valence-electron chi connectivity index (χ0n) is 55.7. The van der Waals surface area contributed by atoms with Crippen LogP contribution in [0.4, 0.5) is 26.3 Å². The van der Waals surface area contributed by atoms with Gasteiger partial charge in [-0.1, -0.05) is 122 Å². The summed E-state index contributed by atoms with van der Waals surface area (Å²) in [6.45, 7) is 14.7. The van der Waals surface area contributed by atoms with E-state index in [0.717, 1.165) is 38.7 Å². The van der Waals surface area contributed by atoms with Gasteiger partial charge in [0.2, 0.25) is 0 Å². The number of carbonyl (C=O) groups excluding carboxylic acids is 3. The molecule has 4 aromatic heterocycles. The largest absolute Gasteiger partial charge is 1.00 e. The molecule has 0 aliphatic rings. The molecular formula is C65H69BrF6LiN18NaO9. The first kappa shape index (κ1) is 91.0. The molecule has 0 spiro atoms. The topological polar surface area (TPSA) is 377 Å². The maximum absolute atomic E-state index is 12.8. The first-order valence-corrected chi connectivity index (χ1v) is 30.0. The number of ether oxygens (including phenoxy) is 3. The predicted octanol–water partition coefficient (Wildman–Crippen LogP) is 8.01. The second-order valence-electron chi connectivity index (χ2n) is 19.6. The Balaban J connectivity index is 0.00000119. The van der Waals surface area contributed by atoms with Crippen LogP contribution in [0.3, 0.4) is 0 Å². The minimum atomic E-state index is -1.10. The fourth-order valence-electron chi connectivity index (χ4n) is 7.80. The Labute approximate surface area is 619 Å². The van der Waals surface area contributed by atoms with Gasteiger partial charge in [0.1, 0.15) is 34.9 Å². The van der Waals surface area contributed by atoms with E-state index in [2.05, 4.69) is 67.2 Å². The number of rotatable bonds is 18. The van der Waals surface area contributed by atoms with Gasteiger partial charge >= 0.3 is 72.3 Å². The number of hydrogen-bond acceptors (Lipinski definition) is 17. The van der Waals surface area contributed by atoms with Crippen LogP contribution in [0, 0.1) is 62.6 Å². The Morgan fingerprint density at radius 3 is 0.990 bits per heavy atom. The van der Waals surface area contributed by atoms with Gasteiger partial charge in [-0.25, -0.2) is 64.2 Å². The first-order valence-electron chi connectivity index (χ1n) is 28.9. The molecule has 0 bridgehead atoms. The second-order valence-corrected chi connectivity index (χ2v) is 20.1. The quantitative estimate of drug-likeness (QED) is 0.0124. The van der Waals surface area contributed by atoms with Crippen molar-refractivity contribution in [3.63, 3.8) is 0 Å². The van der Waals surface area contributed by atoms with Crippen molar-refractivity contribution in [1.29, 1.82) is 0 Å². The molecule has 0 amide bonds. The number of alkyl halides is 1. The van der Waals surface area contributed by atoms with Crippen LogP contribution in [0.2, 0.25) is 0 Å². The van der Waals surface area contributed by atoms with E-state index in [1.54, 1.807) is 131 Å². The molecule has 10 aromatic rings. The molecule has 36 heteroatoms. The maximum Gasteiger partial charge on any atom is 1.00 e. The van der Waals surface area contributed by atoms with Crippen molar-refractivity contribution in [3.05, 3.63) is 286 Å². The SMILES string of the molecule is C.CCOC(=O)c1c(C)nnn1Cc1ccc(F)cc1.CCOC(=O)c1nnn(Cc2ccc(F)cc2)c1C.CCOC(=O)c1nnn(Cc2ccc(F)cc2)c1C.Cc1c(C(=O)O)nnn1Cc1ccc(F)cc1.Fc1ccc(CBr)cc1.[Li+].[N-]=[N+]=NCc1ccc(F)cc1.[N-]=[N+]=[N-].[Na+].[OH-]. The minimum absolute atomic E-state index is 0. The Morgan fingerprint density at radius 1 is 0.455 bits per heavy atom. The van der Waals surface area contributed by atoms with Crippen LogP contribution in [0.15, 0.2) is 151 Å². The second kappa shape index (κ2) is 48.7. The van der Waals surface area contributed by atoms with Gasteiger partial charge in [0, 0.05) is 10.2 Å². The third-order valence-electron chi connectivity index (χ3n) is 12.7. The van der Waals surface area contributed by atoms with Crippen molar-refractivity contribution in [2.75, 3.05) is 19.8 Å². The van der Waals surface area contributed by atoms with Crippen molar-refractivity contribution >= 4 is 39.8 Å². The van der Waals surface area contributed by atoms with Gasteiger partial charge in [-0.2, -0.15) is 0 Å². The molecule has 0 radical (unpaired) electrons. The van der Waals surface area contributed by atoms with Crippen LogP contribution in [-0.4, -0.2) is 114 Å². The molecule has 0 unspecified atom stereocenters. The summed E-state index contributed by atoms with van der Waals surface area (Å²) < 4.78 is 96.5. The average Bonchev–Trinajstić information content (AvgIpc) is 1.72. The molecule has 524 valence electrons. The van der Waals surface area contributed by atoms with Crippen LogP contribution < -0.4 is 48.4 Å². The molecule has 10 rings (SSSR count). The Bertz CT molecular complexity index is 4100. The average molecular weight is 1470 g/mol. The number of hydrogen-bond donors (Lipinski definition) is 1. The number of esters is 3. The molecule has 4 heterocycles. The van der Waals surface area contributed by atoms with Gasteiger partial charge in [-0.3, -0.25) is 4.91 Å². The fraction of sp³-hybridized carbons (Fsp3) is 0.262. The standard InChI is InChI=1S/3C13H14FN3O2.C11H10FN3O2.C7H6BrF.C7H6FN3.CH4.Li.N3.Na.H2O/c2*1-3-19-13(18)12-9(2)17(16-15-12)8-10-4-6-11(14)7-5-10;1-3-19-13(18)12-9(2)15-16-17(12)8-10-4-6-11(14)7-5-10;1-7-10(11(16)17)13-14-15(7)6-8-2-4-9(12)5-3-8;8-5-6-1-3-7(9)4-2-6;8-7-3-1-6(2-4-7)5-10-11-9;;;1-3-2;;/h3*4-7H,3,8H2,1-2H3;2-5H,6H2,1H3,(H,16,17);1-4H,5H2;1-4H,5H2;1H4;;;;1H2/q;;;;;;;+1;-1;+1;/p-1. The predicted molar refractivity (Wildman–Crippen MR) is 353 cm³/mol. The van der Waals surface area contributed by atoms with Crippen molar-refractivity contribution in [2.24, 2.45) is 5.11 Å². The number of carbonyl (C=O) groups is 4. The number of azide groups is 1. The van der Waals surface area contributed by atoms with Crippen molar-refractivity contribution < 1.29 is 119 Å². The van der Waals surface area contributed by atoms with E-state index in [1.165, 1.54) is 87.1 Å². The van der Waals surface area contributed by atoms with E-state index in [1.807, 2.05) is 0 Å². The number of carboxylic acids is 1. The van der Waals surface area contributed by atoms with Gasteiger partial charge < -0.3 is 35.9 Å². The molecule has 0 fully saturated rings. The summed E-state index contributed by atoms with van der Waals surface area (Å²) in [5, 5.41) is 43.5. The Morgan fingerprint density at radius 2 is 0.713 bits per heavy atom. The summed E-state index contributed by atoms with van der Waals surface area (Å²) in [6, 6.07) is 36.4. The summed E-state index contributed by atoms with van der Waals surface area (Å²) in [7, 11) is 0. The van der Waals surface area contributed by atoms with Crippen molar-refractivity contribution in [3.8, 4) is 0 Å². The van der Waals surface area contributed by atoms with Gasteiger partial charge in [0.15, 0.2) is 22.8 Å². The van der Waals surface area contributed by atoms with E-state index in [9.17, 15) is 45.5 Å². The first-order chi connectivity index (χ1) is 46.5. The van der Waals surface area contributed by atoms with Crippen LogP contribution in [0.1, 0.15) is 126 Å². The molecule has 101 heavy (non-hydrogen) atoms. The molecule has 6 aromatic carbocycles. The number of aryl methyl sites for hydroxylation is 1. The molecule has 0 saturated heterocycles. The van der Waals surface area contributed by atoms with Gasteiger partial charge in [-0.05, 0) is 160 Å².